The van der Waals surface area contributed by atoms with Gasteiger partial charge in [0, 0.05) is 0 Å². The Balaban J connectivity index is 2.73. The van der Waals surface area contributed by atoms with Crippen molar-refractivity contribution in [2.45, 2.75) is 20.8 Å². The molecule has 0 aromatic heterocycles. The zero-order valence-electron chi connectivity index (χ0n) is 10.2. The van der Waals surface area contributed by atoms with Crippen molar-refractivity contribution in [3.05, 3.63) is 29.6 Å². The highest BCUT2D eigenvalue weighted by Gasteiger charge is 2.28. The van der Waals surface area contributed by atoms with E-state index in [9.17, 15) is 9.18 Å². The maximum atomic E-state index is 13.4. The van der Waals surface area contributed by atoms with Gasteiger partial charge in [-0.1, -0.05) is 6.07 Å². The van der Waals surface area contributed by atoms with Gasteiger partial charge in [-0.15, -0.1) is 0 Å². The number of aryl methyl sites for hydroxylation is 1. The largest absolute Gasteiger partial charge is 0.489 e. The van der Waals surface area contributed by atoms with Gasteiger partial charge in [0.05, 0.1) is 5.41 Å². The molecule has 94 valence electrons. The van der Waals surface area contributed by atoms with E-state index in [0.29, 0.717) is 0 Å². The van der Waals surface area contributed by atoms with E-state index in [2.05, 4.69) is 5.43 Å². The zero-order chi connectivity index (χ0) is 13.1. The summed E-state index contributed by atoms with van der Waals surface area (Å²) in [6, 6.07) is 4.58. The molecule has 0 atom stereocenters. The van der Waals surface area contributed by atoms with Crippen LogP contribution < -0.4 is 16.0 Å². The number of carbonyl (C=O) groups is 1. The zero-order valence-corrected chi connectivity index (χ0v) is 10.2. The second-order valence-corrected chi connectivity index (χ2v) is 4.58. The number of carbonyl (C=O) groups excluding carboxylic acids is 1. The second kappa shape index (κ2) is 5.14. The highest BCUT2D eigenvalue weighted by Crippen LogP contribution is 2.22. The first kappa shape index (κ1) is 13.4. The molecule has 0 bridgehead atoms. The third-order valence-corrected chi connectivity index (χ3v) is 2.42. The number of hydrogen-bond donors (Lipinski definition) is 2. The lowest BCUT2D eigenvalue weighted by Gasteiger charge is -2.22. The monoisotopic (exact) mass is 240 g/mol. The molecule has 1 aromatic carbocycles. The smallest absolute Gasteiger partial charge is 0.242 e. The minimum Gasteiger partial charge on any atom is -0.489 e. The number of hydrazine groups is 1. The second-order valence-electron chi connectivity index (χ2n) is 4.58. The quantitative estimate of drug-likeness (QED) is 0.476. The number of amides is 1. The SMILES string of the molecule is Cc1ccc(F)c(OCC(C)(C)C(=O)NN)c1. The minimum absolute atomic E-state index is 0.0520. The van der Waals surface area contributed by atoms with Crippen molar-refractivity contribution in [1.29, 1.82) is 0 Å². The molecule has 0 spiro atoms. The van der Waals surface area contributed by atoms with Crippen molar-refractivity contribution in [2.75, 3.05) is 6.61 Å². The summed E-state index contributed by atoms with van der Waals surface area (Å²) in [6.45, 7) is 5.23. The Labute approximate surface area is 99.9 Å². The van der Waals surface area contributed by atoms with Crippen LogP contribution in [-0.4, -0.2) is 12.5 Å². The van der Waals surface area contributed by atoms with E-state index in [1.54, 1.807) is 26.0 Å². The van der Waals surface area contributed by atoms with Gasteiger partial charge < -0.3 is 4.74 Å². The number of ether oxygens (including phenoxy) is 1. The van der Waals surface area contributed by atoms with Gasteiger partial charge in [0.1, 0.15) is 6.61 Å². The van der Waals surface area contributed by atoms with Crippen LogP contribution in [0.3, 0.4) is 0 Å². The number of benzene rings is 1. The van der Waals surface area contributed by atoms with Gasteiger partial charge in [0.15, 0.2) is 11.6 Å². The Bertz CT molecular complexity index is 419. The summed E-state index contributed by atoms with van der Waals surface area (Å²) < 4.78 is 18.7. The molecule has 5 heteroatoms. The molecule has 0 aliphatic heterocycles. The van der Waals surface area contributed by atoms with E-state index in [4.69, 9.17) is 10.6 Å². The van der Waals surface area contributed by atoms with Crippen molar-refractivity contribution in [2.24, 2.45) is 11.3 Å². The molecule has 1 rings (SSSR count). The van der Waals surface area contributed by atoms with Gasteiger partial charge in [0.2, 0.25) is 5.91 Å². The normalized spacial score (nSPS) is 11.1. The van der Waals surface area contributed by atoms with Crippen molar-refractivity contribution in [3.63, 3.8) is 0 Å². The van der Waals surface area contributed by atoms with Crippen LogP contribution in [0.15, 0.2) is 18.2 Å². The molecule has 3 N–H and O–H groups in total. The first-order chi connectivity index (χ1) is 7.86. The Hall–Kier alpha value is -1.62. The maximum Gasteiger partial charge on any atom is 0.242 e. The predicted octanol–water partition coefficient (Wildman–Crippen LogP) is 1.53. The maximum absolute atomic E-state index is 13.4. The van der Waals surface area contributed by atoms with Crippen LogP contribution in [-0.2, 0) is 4.79 Å². The number of hydrogen-bond acceptors (Lipinski definition) is 3. The fourth-order valence-electron chi connectivity index (χ4n) is 1.24. The van der Waals surface area contributed by atoms with Crippen LogP contribution in [0.5, 0.6) is 5.75 Å². The molecule has 17 heavy (non-hydrogen) atoms. The minimum atomic E-state index is -0.815. The predicted molar refractivity (Wildman–Crippen MR) is 62.7 cm³/mol. The molecular weight excluding hydrogens is 223 g/mol. The lowest BCUT2D eigenvalue weighted by atomic mass is 9.94. The van der Waals surface area contributed by atoms with Gasteiger partial charge >= 0.3 is 0 Å². The van der Waals surface area contributed by atoms with E-state index in [1.165, 1.54) is 6.07 Å². The molecule has 0 heterocycles. The van der Waals surface area contributed by atoms with Gasteiger partial charge in [-0.05, 0) is 38.5 Å². The topological polar surface area (TPSA) is 64.3 Å². The summed E-state index contributed by atoms with van der Waals surface area (Å²) in [7, 11) is 0. The number of halogens is 1. The highest BCUT2D eigenvalue weighted by molar-refractivity contribution is 5.81. The average molecular weight is 240 g/mol. The fourth-order valence-corrected chi connectivity index (χ4v) is 1.24. The lowest BCUT2D eigenvalue weighted by molar-refractivity contribution is -0.130. The Morgan fingerprint density at radius 2 is 2.18 bits per heavy atom. The molecular formula is C12H17FN2O2. The summed E-state index contributed by atoms with van der Waals surface area (Å²) in [6.07, 6.45) is 0. The summed E-state index contributed by atoms with van der Waals surface area (Å²) in [5, 5.41) is 0. The molecule has 0 aliphatic carbocycles. The molecule has 0 aliphatic rings. The molecule has 0 fully saturated rings. The standard InChI is InChI=1S/C12H17FN2O2/c1-8-4-5-9(13)10(6-8)17-7-12(2,3)11(16)15-14/h4-6H,7,14H2,1-3H3,(H,15,16). The van der Waals surface area contributed by atoms with Crippen LogP contribution in [0.25, 0.3) is 0 Å². The van der Waals surface area contributed by atoms with Crippen molar-refractivity contribution in [1.82, 2.24) is 5.43 Å². The summed E-state index contributed by atoms with van der Waals surface area (Å²) in [5.41, 5.74) is 2.13. The van der Waals surface area contributed by atoms with Crippen LogP contribution in [0.4, 0.5) is 4.39 Å². The third-order valence-electron chi connectivity index (χ3n) is 2.42. The Morgan fingerprint density at radius 1 is 1.53 bits per heavy atom. The number of nitrogens with two attached hydrogens (primary N) is 1. The average Bonchev–Trinajstić information content (AvgIpc) is 2.29. The molecule has 0 unspecified atom stereocenters. The van der Waals surface area contributed by atoms with Crippen LogP contribution in [0, 0.1) is 18.2 Å². The van der Waals surface area contributed by atoms with Gasteiger partial charge in [0.25, 0.3) is 0 Å². The summed E-state index contributed by atoms with van der Waals surface area (Å²) in [5.74, 6) is 4.39. The van der Waals surface area contributed by atoms with Crippen molar-refractivity contribution >= 4 is 5.91 Å². The first-order valence-corrected chi connectivity index (χ1v) is 5.27. The number of rotatable bonds is 4. The summed E-state index contributed by atoms with van der Waals surface area (Å²) >= 11 is 0. The molecule has 4 nitrogen and oxygen atoms in total. The molecule has 0 radical (unpaired) electrons. The lowest BCUT2D eigenvalue weighted by Crippen LogP contribution is -2.44. The first-order valence-electron chi connectivity index (χ1n) is 5.27. The molecule has 0 saturated heterocycles. The van der Waals surface area contributed by atoms with Gasteiger partial charge in [-0.3, -0.25) is 10.2 Å². The Morgan fingerprint density at radius 3 is 2.76 bits per heavy atom. The van der Waals surface area contributed by atoms with Crippen LogP contribution in [0.1, 0.15) is 19.4 Å². The van der Waals surface area contributed by atoms with Crippen LogP contribution >= 0.6 is 0 Å². The van der Waals surface area contributed by atoms with E-state index >= 15 is 0 Å². The highest BCUT2D eigenvalue weighted by atomic mass is 19.1. The Kier molecular flexibility index (Phi) is 4.07. The van der Waals surface area contributed by atoms with E-state index in [0.717, 1.165) is 5.56 Å². The molecule has 0 saturated carbocycles. The van der Waals surface area contributed by atoms with Gasteiger partial charge in [-0.2, -0.15) is 0 Å². The third kappa shape index (κ3) is 3.42. The van der Waals surface area contributed by atoms with E-state index in [1.807, 2.05) is 6.92 Å². The van der Waals surface area contributed by atoms with Crippen LogP contribution in [0.2, 0.25) is 0 Å². The number of nitrogens with one attached hydrogen (secondary N) is 1. The fraction of sp³-hybridized carbons (Fsp3) is 0.417. The van der Waals surface area contributed by atoms with Crippen molar-refractivity contribution < 1.29 is 13.9 Å². The van der Waals surface area contributed by atoms with E-state index in [-0.39, 0.29) is 18.3 Å². The van der Waals surface area contributed by atoms with Gasteiger partial charge in [-0.25, -0.2) is 10.2 Å². The van der Waals surface area contributed by atoms with Crippen molar-refractivity contribution in [3.8, 4) is 5.75 Å². The summed E-state index contributed by atoms with van der Waals surface area (Å²) in [4.78, 5) is 11.4. The molecule has 1 amide bonds. The van der Waals surface area contributed by atoms with E-state index < -0.39 is 11.2 Å². The molecule has 1 aromatic rings.